The van der Waals surface area contributed by atoms with Gasteiger partial charge in [-0.15, -0.1) is 0 Å². The van der Waals surface area contributed by atoms with Crippen molar-refractivity contribution in [2.24, 2.45) is 5.92 Å². The minimum atomic E-state index is -0.273. The van der Waals surface area contributed by atoms with E-state index in [0.29, 0.717) is 17.9 Å². The van der Waals surface area contributed by atoms with Crippen molar-refractivity contribution in [3.63, 3.8) is 0 Å². The molecule has 0 aromatic heterocycles. The van der Waals surface area contributed by atoms with Crippen molar-refractivity contribution in [1.29, 1.82) is 0 Å². The molecule has 25 heavy (non-hydrogen) atoms. The van der Waals surface area contributed by atoms with Gasteiger partial charge in [-0.3, -0.25) is 4.79 Å². The fourth-order valence-electron chi connectivity index (χ4n) is 3.19. The molecule has 0 spiro atoms. The number of hydrogen-bond donors (Lipinski definition) is 1. The second kappa shape index (κ2) is 8.15. The molecule has 0 saturated heterocycles. The predicted octanol–water partition coefficient (Wildman–Crippen LogP) is 4.71. The van der Waals surface area contributed by atoms with Crippen molar-refractivity contribution in [1.82, 2.24) is 5.32 Å². The van der Waals surface area contributed by atoms with E-state index in [-0.39, 0.29) is 17.8 Å². The van der Waals surface area contributed by atoms with Crippen LogP contribution in [0.5, 0.6) is 5.75 Å². The molecule has 0 heterocycles. The highest BCUT2D eigenvalue weighted by Gasteiger charge is 2.21. The molecule has 1 N–H and O–H groups in total. The number of ether oxygens (including phenoxy) is 1. The van der Waals surface area contributed by atoms with Crippen molar-refractivity contribution >= 4 is 5.91 Å². The summed E-state index contributed by atoms with van der Waals surface area (Å²) in [6.45, 7) is 2.56. The van der Waals surface area contributed by atoms with Crippen LogP contribution in [-0.4, -0.2) is 11.9 Å². The van der Waals surface area contributed by atoms with Crippen molar-refractivity contribution < 1.29 is 13.9 Å². The monoisotopic (exact) mass is 341 g/mol. The van der Waals surface area contributed by atoms with E-state index in [1.807, 2.05) is 12.1 Å². The van der Waals surface area contributed by atoms with Gasteiger partial charge in [-0.25, -0.2) is 4.39 Å². The van der Waals surface area contributed by atoms with Crippen molar-refractivity contribution in [3.05, 3.63) is 65.5 Å². The van der Waals surface area contributed by atoms with Crippen LogP contribution < -0.4 is 10.1 Å². The lowest BCUT2D eigenvalue weighted by molar-refractivity contribution is 0.0918. The van der Waals surface area contributed by atoms with E-state index in [1.165, 1.54) is 12.1 Å². The lowest BCUT2D eigenvalue weighted by Crippen LogP contribution is -2.37. The van der Waals surface area contributed by atoms with Gasteiger partial charge in [0.05, 0.1) is 5.56 Å². The Morgan fingerprint density at radius 2 is 1.76 bits per heavy atom. The number of para-hydroxylation sites is 1. The van der Waals surface area contributed by atoms with E-state index in [4.69, 9.17) is 4.74 Å². The summed E-state index contributed by atoms with van der Waals surface area (Å²) >= 11 is 0. The standard InChI is InChI=1S/C21H24FNO2/c1-15-6-12-18(13-7-15)23-21(24)19-4-2-3-5-20(19)25-14-16-8-10-17(22)11-9-16/h2-5,8-11,15,18H,6-7,12-14H2,1H3,(H,23,24). The Hall–Kier alpha value is -2.36. The topological polar surface area (TPSA) is 38.3 Å². The zero-order valence-electron chi connectivity index (χ0n) is 14.5. The fraction of sp³-hybridized carbons (Fsp3) is 0.381. The lowest BCUT2D eigenvalue weighted by atomic mass is 9.87. The van der Waals surface area contributed by atoms with Crippen molar-refractivity contribution in [2.75, 3.05) is 0 Å². The smallest absolute Gasteiger partial charge is 0.255 e. The number of hydrogen-bond acceptors (Lipinski definition) is 2. The van der Waals surface area contributed by atoms with Crippen molar-refractivity contribution in [3.8, 4) is 5.75 Å². The molecule has 4 heteroatoms. The van der Waals surface area contributed by atoms with Gasteiger partial charge in [0.15, 0.2) is 0 Å². The molecule has 1 saturated carbocycles. The Morgan fingerprint density at radius 1 is 1.08 bits per heavy atom. The average Bonchev–Trinajstić information content (AvgIpc) is 2.63. The molecule has 1 amide bonds. The highest BCUT2D eigenvalue weighted by molar-refractivity contribution is 5.97. The summed E-state index contributed by atoms with van der Waals surface area (Å²) in [7, 11) is 0. The van der Waals surface area contributed by atoms with E-state index in [0.717, 1.165) is 37.2 Å². The SMILES string of the molecule is CC1CCC(NC(=O)c2ccccc2OCc2ccc(F)cc2)CC1. The molecule has 3 nitrogen and oxygen atoms in total. The van der Waals surface area contributed by atoms with Crippen molar-refractivity contribution in [2.45, 2.75) is 45.3 Å². The molecule has 0 unspecified atom stereocenters. The Kier molecular flexibility index (Phi) is 5.69. The minimum absolute atomic E-state index is 0.0886. The van der Waals surface area contributed by atoms with Crippen LogP contribution in [-0.2, 0) is 6.61 Å². The second-order valence-corrected chi connectivity index (χ2v) is 6.84. The van der Waals surface area contributed by atoms with E-state index in [2.05, 4.69) is 12.2 Å². The second-order valence-electron chi connectivity index (χ2n) is 6.84. The van der Waals surface area contributed by atoms with E-state index in [9.17, 15) is 9.18 Å². The molecule has 132 valence electrons. The Morgan fingerprint density at radius 3 is 2.48 bits per heavy atom. The zero-order valence-corrected chi connectivity index (χ0v) is 14.5. The maximum absolute atomic E-state index is 13.0. The van der Waals surface area contributed by atoms with Gasteiger partial charge in [0.1, 0.15) is 18.2 Å². The number of rotatable bonds is 5. The number of carbonyl (C=O) groups is 1. The number of amides is 1. The summed E-state index contributed by atoms with van der Waals surface area (Å²) in [5, 5.41) is 3.13. The third-order valence-electron chi connectivity index (χ3n) is 4.79. The average molecular weight is 341 g/mol. The van der Waals surface area contributed by atoms with Gasteiger partial charge >= 0.3 is 0 Å². The highest BCUT2D eigenvalue weighted by atomic mass is 19.1. The maximum atomic E-state index is 13.0. The van der Waals surface area contributed by atoms with Crippen LogP contribution in [0, 0.1) is 11.7 Å². The normalized spacial score (nSPS) is 20.1. The van der Waals surface area contributed by atoms with Gasteiger partial charge in [-0.1, -0.05) is 31.2 Å². The van der Waals surface area contributed by atoms with Gasteiger partial charge in [-0.2, -0.15) is 0 Å². The first-order chi connectivity index (χ1) is 12.1. The molecule has 1 fully saturated rings. The molecule has 2 aromatic rings. The maximum Gasteiger partial charge on any atom is 0.255 e. The summed E-state index contributed by atoms with van der Waals surface area (Å²) in [5.41, 5.74) is 1.40. The first kappa shape index (κ1) is 17.5. The number of nitrogens with one attached hydrogen (secondary N) is 1. The molecule has 1 aliphatic carbocycles. The van der Waals surface area contributed by atoms with E-state index < -0.39 is 0 Å². The predicted molar refractivity (Wildman–Crippen MR) is 96.1 cm³/mol. The van der Waals surface area contributed by atoms with Crippen LogP contribution >= 0.6 is 0 Å². The van der Waals surface area contributed by atoms with Crippen LogP contribution in [0.15, 0.2) is 48.5 Å². The fourth-order valence-corrected chi connectivity index (χ4v) is 3.19. The molecule has 1 aliphatic rings. The molecular weight excluding hydrogens is 317 g/mol. The van der Waals surface area contributed by atoms with Gasteiger partial charge in [0.2, 0.25) is 0 Å². The summed E-state index contributed by atoms with van der Waals surface area (Å²) in [5.74, 6) is 0.938. The van der Waals surface area contributed by atoms with Gasteiger partial charge < -0.3 is 10.1 Å². The van der Waals surface area contributed by atoms with Crippen LogP contribution in [0.3, 0.4) is 0 Å². The first-order valence-electron chi connectivity index (χ1n) is 8.89. The molecule has 0 bridgehead atoms. The first-order valence-corrected chi connectivity index (χ1v) is 8.89. The molecular formula is C21H24FNO2. The highest BCUT2D eigenvalue weighted by Crippen LogP contribution is 2.25. The third-order valence-corrected chi connectivity index (χ3v) is 4.79. The Bertz CT molecular complexity index is 706. The van der Waals surface area contributed by atoms with Gasteiger partial charge in [0.25, 0.3) is 5.91 Å². The van der Waals surface area contributed by atoms with Crippen LogP contribution in [0.1, 0.15) is 48.5 Å². The largest absolute Gasteiger partial charge is 0.488 e. The molecule has 0 atom stereocenters. The van der Waals surface area contributed by atoms with E-state index >= 15 is 0 Å². The lowest BCUT2D eigenvalue weighted by Gasteiger charge is -2.27. The summed E-state index contributed by atoms with van der Waals surface area (Å²) in [6, 6.07) is 13.7. The molecule has 0 radical (unpaired) electrons. The van der Waals surface area contributed by atoms with E-state index in [1.54, 1.807) is 24.3 Å². The molecule has 3 rings (SSSR count). The Labute approximate surface area is 148 Å². The molecule has 2 aromatic carbocycles. The summed E-state index contributed by atoms with van der Waals surface area (Å²) in [6.07, 6.45) is 4.39. The Balaban J connectivity index is 1.63. The summed E-state index contributed by atoms with van der Waals surface area (Å²) < 4.78 is 18.8. The number of benzene rings is 2. The van der Waals surface area contributed by atoms with Gasteiger partial charge in [-0.05, 0) is 61.4 Å². The third kappa shape index (κ3) is 4.81. The zero-order chi connectivity index (χ0) is 17.6. The van der Waals surface area contributed by atoms with Crippen LogP contribution in [0.2, 0.25) is 0 Å². The van der Waals surface area contributed by atoms with Gasteiger partial charge in [0, 0.05) is 6.04 Å². The number of carbonyl (C=O) groups excluding carboxylic acids is 1. The number of halogens is 1. The molecule has 0 aliphatic heterocycles. The minimum Gasteiger partial charge on any atom is -0.488 e. The van der Waals surface area contributed by atoms with Crippen LogP contribution in [0.4, 0.5) is 4.39 Å². The summed E-state index contributed by atoms with van der Waals surface area (Å²) in [4.78, 5) is 12.6. The quantitative estimate of drug-likeness (QED) is 0.855. The van der Waals surface area contributed by atoms with Crippen LogP contribution in [0.25, 0.3) is 0 Å².